The zero-order valence-corrected chi connectivity index (χ0v) is 20.5. The Morgan fingerprint density at radius 2 is 1.19 bits per heavy atom. The number of Topliss-reactive ketones (excluding diaryl/α,β-unsaturated/α-hetero) is 2. The maximum atomic E-state index is 11.8. The second-order valence-electron chi connectivity index (χ2n) is 8.69. The summed E-state index contributed by atoms with van der Waals surface area (Å²) in [5.41, 5.74) is 0. The van der Waals surface area contributed by atoms with Crippen molar-refractivity contribution in [2.45, 2.75) is 91.6 Å². The fourth-order valence-corrected chi connectivity index (χ4v) is 2.82. The van der Waals surface area contributed by atoms with Gasteiger partial charge in [-0.05, 0) is 51.9 Å². The van der Waals surface area contributed by atoms with Gasteiger partial charge in [0.05, 0.1) is 6.10 Å². The van der Waals surface area contributed by atoms with Crippen LogP contribution in [-0.4, -0.2) is 62.4 Å². The van der Waals surface area contributed by atoms with E-state index in [1.54, 1.807) is 0 Å². The number of unbranched alkanes of at least 4 members (excludes halogenated alkanes) is 2. The van der Waals surface area contributed by atoms with Crippen LogP contribution in [0, 0.1) is 5.92 Å². The average Bonchev–Trinajstić information content (AvgIpc) is 2.74. The topological polar surface area (TPSA) is 111 Å². The second-order valence-corrected chi connectivity index (χ2v) is 8.69. The van der Waals surface area contributed by atoms with Gasteiger partial charge in [0.2, 0.25) is 11.6 Å². The van der Waals surface area contributed by atoms with Gasteiger partial charge in [-0.25, -0.2) is 0 Å². The van der Waals surface area contributed by atoms with E-state index in [-0.39, 0.29) is 25.5 Å². The molecule has 0 saturated heterocycles. The summed E-state index contributed by atoms with van der Waals surface area (Å²) < 4.78 is 10.9. The number of ether oxygens (including phenoxy) is 2. The predicted octanol–water partition coefficient (Wildman–Crippen LogP) is 2.97. The molecule has 0 rings (SSSR count). The van der Waals surface area contributed by atoms with Crippen LogP contribution in [0.1, 0.15) is 85.5 Å². The lowest BCUT2D eigenvalue weighted by molar-refractivity contribution is -0.138. The Labute approximate surface area is 193 Å². The third kappa shape index (κ3) is 18.9. The van der Waals surface area contributed by atoms with Crippen LogP contribution in [0.2, 0.25) is 0 Å². The van der Waals surface area contributed by atoms with Gasteiger partial charge in [0.25, 0.3) is 11.8 Å². The fraction of sp³-hybridized carbons (Fsp3) is 0.833. The van der Waals surface area contributed by atoms with E-state index in [4.69, 9.17) is 9.47 Å². The van der Waals surface area contributed by atoms with Crippen LogP contribution in [-0.2, 0) is 28.7 Å². The molecule has 8 heteroatoms. The summed E-state index contributed by atoms with van der Waals surface area (Å²) in [7, 11) is 0. The van der Waals surface area contributed by atoms with Crippen LogP contribution in [0.15, 0.2) is 0 Å². The van der Waals surface area contributed by atoms with Crippen molar-refractivity contribution in [1.82, 2.24) is 10.6 Å². The first kappa shape index (κ1) is 30.2. The molecule has 0 aromatic heterocycles. The quantitative estimate of drug-likeness (QED) is 0.203. The molecule has 0 spiro atoms. The minimum absolute atomic E-state index is 0.0270. The van der Waals surface area contributed by atoms with Crippen molar-refractivity contribution in [2.24, 2.45) is 5.92 Å². The lowest BCUT2D eigenvalue weighted by Gasteiger charge is -2.08. The molecule has 0 radical (unpaired) electrons. The number of ketones is 2. The maximum Gasteiger partial charge on any atom is 0.287 e. The SMILES string of the molecule is CC(C)CCCCOCCCNC(=O)C(=O)CCCNC(=O)C(=O)CCCCOC(C)C. The lowest BCUT2D eigenvalue weighted by Crippen LogP contribution is -2.34. The van der Waals surface area contributed by atoms with Gasteiger partial charge in [0, 0.05) is 45.8 Å². The monoisotopic (exact) mass is 456 g/mol. The van der Waals surface area contributed by atoms with Crippen molar-refractivity contribution in [3.05, 3.63) is 0 Å². The van der Waals surface area contributed by atoms with Gasteiger partial charge >= 0.3 is 0 Å². The van der Waals surface area contributed by atoms with Crippen molar-refractivity contribution in [1.29, 1.82) is 0 Å². The van der Waals surface area contributed by atoms with E-state index >= 15 is 0 Å². The van der Waals surface area contributed by atoms with E-state index in [2.05, 4.69) is 24.5 Å². The van der Waals surface area contributed by atoms with Gasteiger partial charge in [0.15, 0.2) is 0 Å². The first-order chi connectivity index (χ1) is 15.2. The molecule has 2 amide bonds. The summed E-state index contributed by atoms with van der Waals surface area (Å²) in [4.78, 5) is 47.1. The number of amides is 2. The number of carbonyl (C=O) groups excluding carboxylic acids is 4. The van der Waals surface area contributed by atoms with E-state index in [0.29, 0.717) is 44.9 Å². The Hall–Kier alpha value is -1.80. The number of hydrogen-bond donors (Lipinski definition) is 2. The van der Waals surface area contributed by atoms with Crippen LogP contribution in [0.5, 0.6) is 0 Å². The Bertz CT molecular complexity index is 549. The van der Waals surface area contributed by atoms with Gasteiger partial charge in [-0.1, -0.05) is 26.7 Å². The van der Waals surface area contributed by atoms with E-state index in [1.807, 2.05) is 13.8 Å². The Balaban J connectivity index is 3.64. The van der Waals surface area contributed by atoms with Crippen LogP contribution in [0.4, 0.5) is 0 Å². The third-order valence-electron chi connectivity index (χ3n) is 4.69. The number of nitrogens with one attached hydrogen (secondary N) is 2. The van der Waals surface area contributed by atoms with Crippen LogP contribution < -0.4 is 10.6 Å². The van der Waals surface area contributed by atoms with Crippen LogP contribution >= 0.6 is 0 Å². The zero-order valence-electron chi connectivity index (χ0n) is 20.5. The smallest absolute Gasteiger partial charge is 0.287 e. The van der Waals surface area contributed by atoms with Crippen LogP contribution in [0.25, 0.3) is 0 Å². The molecular formula is C24H44N2O6. The molecule has 0 saturated carbocycles. The molecule has 0 unspecified atom stereocenters. The summed E-state index contributed by atoms with van der Waals surface area (Å²) in [6, 6.07) is 0. The number of hydrogen-bond acceptors (Lipinski definition) is 6. The molecule has 0 aliphatic carbocycles. The van der Waals surface area contributed by atoms with Crippen molar-refractivity contribution < 1.29 is 28.7 Å². The highest BCUT2D eigenvalue weighted by atomic mass is 16.5. The van der Waals surface area contributed by atoms with E-state index in [9.17, 15) is 19.2 Å². The Morgan fingerprint density at radius 3 is 1.78 bits per heavy atom. The highest BCUT2D eigenvalue weighted by Crippen LogP contribution is 2.06. The maximum absolute atomic E-state index is 11.8. The number of carbonyl (C=O) groups is 4. The average molecular weight is 457 g/mol. The largest absolute Gasteiger partial charge is 0.381 e. The Morgan fingerprint density at radius 1 is 0.656 bits per heavy atom. The zero-order chi connectivity index (χ0) is 24.2. The van der Waals surface area contributed by atoms with Gasteiger partial charge in [0.1, 0.15) is 0 Å². The second kappa shape index (κ2) is 19.9. The van der Waals surface area contributed by atoms with E-state index < -0.39 is 23.4 Å². The highest BCUT2D eigenvalue weighted by Gasteiger charge is 2.15. The first-order valence-electron chi connectivity index (χ1n) is 12.1. The normalized spacial score (nSPS) is 11.1. The molecule has 0 aromatic carbocycles. The fourth-order valence-electron chi connectivity index (χ4n) is 2.82. The van der Waals surface area contributed by atoms with Gasteiger partial charge in [-0.2, -0.15) is 0 Å². The molecule has 0 fully saturated rings. The van der Waals surface area contributed by atoms with E-state index in [0.717, 1.165) is 25.9 Å². The third-order valence-corrected chi connectivity index (χ3v) is 4.69. The molecule has 0 heterocycles. The van der Waals surface area contributed by atoms with Gasteiger partial charge in [-0.3, -0.25) is 19.2 Å². The van der Waals surface area contributed by atoms with Crippen molar-refractivity contribution >= 4 is 23.4 Å². The molecule has 0 aliphatic rings. The lowest BCUT2D eigenvalue weighted by atomic mass is 10.1. The highest BCUT2D eigenvalue weighted by molar-refractivity contribution is 6.36. The van der Waals surface area contributed by atoms with E-state index in [1.165, 1.54) is 6.42 Å². The molecule has 0 aliphatic heterocycles. The summed E-state index contributed by atoms with van der Waals surface area (Å²) in [5, 5.41) is 5.09. The summed E-state index contributed by atoms with van der Waals surface area (Å²) in [6.45, 7) is 10.7. The predicted molar refractivity (Wildman–Crippen MR) is 124 cm³/mol. The molecule has 0 atom stereocenters. The molecule has 0 aromatic rings. The molecule has 8 nitrogen and oxygen atoms in total. The first-order valence-corrected chi connectivity index (χ1v) is 12.1. The van der Waals surface area contributed by atoms with Gasteiger partial charge in [-0.15, -0.1) is 0 Å². The summed E-state index contributed by atoms with van der Waals surface area (Å²) in [5.74, 6) is -1.54. The standard InChI is InChI=1S/C24H44N2O6/c1-19(2)11-5-7-16-31-17-10-15-26-24(30)22(28)13-9-14-25-23(29)21(27)12-6-8-18-32-20(3)4/h19-20H,5-18H2,1-4H3,(H,25,29)(H,26,30). The molecular weight excluding hydrogens is 412 g/mol. The number of rotatable bonds is 21. The summed E-state index contributed by atoms with van der Waals surface area (Å²) >= 11 is 0. The van der Waals surface area contributed by atoms with Crippen LogP contribution in [0.3, 0.4) is 0 Å². The summed E-state index contributed by atoms with van der Waals surface area (Å²) in [6.07, 6.45) is 6.06. The molecule has 0 bridgehead atoms. The minimum Gasteiger partial charge on any atom is -0.381 e. The minimum atomic E-state index is -0.643. The Kier molecular flexibility index (Phi) is 18.7. The van der Waals surface area contributed by atoms with Crippen molar-refractivity contribution in [3.63, 3.8) is 0 Å². The molecule has 2 N–H and O–H groups in total. The molecule has 32 heavy (non-hydrogen) atoms. The van der Waals surface area contributed by atoms with Crippen molar-refractivity contribution in [2.75, 3.05) is 32.9 Å². The van der Waals surface area contributed by atoms with Gasteiger partial charge < -0.3 is 20.1 Å². The van der Waals surface area contributed by atoms with Crippen molar-refractivity contribution in [3.8, 4) is 0 Å². The molecule has 186 valence electrons.